The number of nitrogens with one attached hydrogen (secondary N) is 1. The van der Waals surface area contributed by atoms with Crippen molar-refractivity contribution in [2.75, 3.05) is 20.1 Å². The van der Waals surface area contributed by atoms with Gasteiger partial charge in [-0.05, 0) is 22.4 Å². The summed E-state index contributed by atoms with van der Waals surface area (Å²) in [6.45, 7) is 3.81. The highest BCUT2D eigenvalue weighted by atomic mass is 16.4. The van der Waals surface area contributed by atoms with E-state index in [2.05, 4.69) is 50.7 Å². The van der Waals surface area contributed by atoms with E-state index in [9.17, 15) is 9.59 Å². The Labute approximate surface area is 174 Å². The van der Waals surface area contributed by atoms with Crippen LogP contribution in [-0.2, 0) is 22.7 Å². The van der Waals surface area contributed by atoms with Gasteiger partial charge in [0.05, 0.1) is 19.0 Å². The second kappa shape index (κ2) is 8.62. The van der Waals surface area contributed by atoms with Crippen LogP contribution in [0.4, 0.5) is 0 Å². The Bertz CT molecular complexity index is 1060. The molecule has 2 aromatic carbocycles. The molecule has 1 aromatic heterocycles. The Morgan fingerprint density at radius 1 is 1.23 bits per heavy atom. The van der Waals surface area contributed by atoms with E-state index < -0.39 is 6.04 Å². The van der Waals surface area contributed by atoms with Crippen LogP contribution in [0.2, 0.25) is 0 Å². The monoisotopic (exact) mass is 407 g/mol. The third-order valence-corrected chi connectivity index (χ3v) is 5.38. The van der Waals surface area contributed by atoms with E-state index in [4.69, 9.17) is 4.42 Å². The van der Waals surface area contributed by atoms with E-state index in [1.165, 1.54) is 15.7 Å². The first kappa shape index (κ1) is 20.0. The summed E-state index contributed by atoms with van der Waals surface area (Å²) in [4.78, 5) is 28.9. The number of benzene rings is 2. The van der Waals surface area contributed by atoms with Gasteiger partial charge < -0.3 is 14.6 Å². The summed E-state index contributed by atoms with van der Waals surface area (Å²) in [7, 11) is 1.68. The van der Waals surface area contributed by atoms with Crippen molar-refractivity contribution in [3.63, 3.8) is 0 Å². The SMILES string of the molecule is Cc1nnc(CN(C)C(=O)CC2C(=O)NCCN2Cc2ccc3ccccc3c2)o1. The van der Waals surface area contributed by atoms with Crippen LogP contribution in [0.5, 0.6) is 0 Å². The Morgan fingerprint density at radius 3 is 2.80 bits per heavy atom. The minimum atomic E-state index is -0.510. The van der Waals surface area contributed by atoms with Crippen LogP contribution < -0.4 is 5.32 Å². The van der Waals surface area contributed by atoms with Gasteiger partial charge in [-0.25, -0.2) is 0 Å². The summed E-state index contributed by atoms with van der Waals surface area (Å²) in [6, 6.07) is 14.0. The molecule has 1 aliphatic rings. The number of carbonyl (C=O) groups is 2. The van der Waals surface area contributed by atoms with E-state index in [0.717, 1.165) is 5.56 Å². The summed E-state index contributed by atoms with van der Waals surface area (Å²) in [5, 5.41) is 12.9. The number of nitrogens with zero attached hydrogens (tertiary/aromatic N) is 4. The molecular weight excluding hydrogens is 382 g/mol. The number of hydrogen-bond acceptors (Lipinski definition) is 6. The maximum absolute atomic E-state index is 12.8. The predicted molar refractivity (Wildman–Crippen MR) is 111 cm³/mol. The zero-order valence-corrected chi connectivity index (χ0v) is 17.2. The molecule has 1 unspecified atom stereocenters. The first-order valence-corrected chi connectivity index (χ1v) is 10.0. The topological polar surface area (TPSA) is 91.6 Å². The first-order chi connectivity index (χ1) is 14.5. The molecule has 2 amide bonds. The molecular formula is C22H25N5O3. The average molecular weight is 407 g/mol. The molecule has 0 spiro atoms. The number of fused-ring (bicyclic) bond motifs is 1. The minimum absolute atomic E-state index is 0.100. The number of rotatable bonds is 6. The third-order valence-electron chi connectivity index (χ3n) is 5.38. The van der Waals surface area contributed by atoms with Gasteiger partial charge in [0.15, 0.2) is 0 Å². The zero-order chi connectivity index (χ0) is 21.1. The molecule has 30 heavy (non-hydrogen) atoms. The molecule has 0 radical (unpaired) electrons. The molecule has 0 saturated carbocycles. The van der Waals surface area contributed by atoms with Crippen LogP contribution in [0.1, 0.15) is 23.8 Å². The molecule has 8 nitrogen and oxygen atoms in total. The Morgan fingerprint density at radius 2 is 2.03 bits per heavy atom. The van der Waals surface area contributed by atoms with Crippen molar-refractivity contribution >= 4 is 22.6 Å². The lowest BCUT2D eigenvalue weighted by Gasteiger charge is -2.35. The van der Waals surface area contributed by atoms with Crippen LogP contribution in [0.3, 0.4) is 0 Å². The van der Waals surface area contributed by atoms with Gasteiger partial charge in [-0.3, -0.25) is 14.5 Å². The number of amides is 2. The van der Waals surface area contributed by atoms with E-state index in [-0.39, 0.29) is 24.8 Å². The molecule has 1 N–H and O–H groups in total. The van der Waals surface area contributed by atoms with Gasteiger partial charge in [0.2, 0.25) is 23.6 Å². The lowest BCUT2D eigenvalue weighted by molar-refractivity contribution is -0.138. The number of aromatic nitrogens is 2. The van der Waals surface area contributed by atoms with Crippen LogP contribution >= 0.6 is 0 Å². The number of piperazine rings is 1. The fourth-order valence-corrected chi connectivity index (χ4v) is 3.76. The molecule has 3 aromatic rings. The van der Waals surface area contributed by atoms with Crippen molar-refractivity contribution in [3.05, 3.63) is 59.8 Å². The van der Waals surface area contributed by atoms with Crippen LogP contribution in [0.25, 0.3) is 10.8 Å². The normalized spacial score (nSPS) is 17.1. The largest absolute Gasteiger partial charge is 0.424 e. The molecule has 1 fully saturated rings. The van der Waals surface area contributed by atoms with Gasteiger partial charge in [-0.2, -0.15) is 0 Å². The van der Waals surface area contributed by atoms with Crippen molar-refractivity contribution in [1.29, 1.82) is 0 Å². The highest BCUT2D eigenvalue weighted by Crippen LogP contribution is 2.20. The molecule has 156 valence electrons. The van der Waals surface area contributed by atoms with Crippen molar-refractivity contribution < 1.29 is 14.0 Å². The van der Waals surface area contributed by atoms with Crippen LogP contribution in [-0.4, -0.2) is 58.0 Å². The van der Waals surface area contributed by atoms with Crippen LogP contribution in [0.15, 0.2) is 46.9 Å². The number of hydrogen-bond donors (Lipinski definition) is 1. The number of carbonyl (C=O) groups excluding carboxylic acids is 2. The summed E-state index contributed by atoms with van der Waals surface area (Å²) in [5.41, 5.74) is 1.12. The predicted octanol–water partition coefficient (Wildman–Crippen LogP) is 1.88. The summed E-state index contributed by atoms with van der Waals surface area (Å²) >= 11 is 0. The van der Waals surface area contributed by atoms with Crippen molar-refractivity contribution in [2.45, 2.75) is 32.5 Å². The molecule has 4 rings (SSSR count). The smallest absolute Gasteiger partial charge is 0.237 e. The van der Waals surface area contributed by atoms with Gasteiger partial charge in [0.1, 0.15) is 0 Å². The maximum Gasteiger partial charge on any atom is 0.237 e. The third kappa shape index (κ3) is 4.49. The standard InChI is InChI=1S/C22H25N5O3/c1-15-24-25-20(30-15)14-26(2)21(28)12-19-22(29)23-9-10-27(19)13-16-7-8-17-5-3-4-6-18(17)11-16/h3-8,11,19H,9-10,12-14H2,1-2H3,(H,23,29). The van der Waals surface area contributed by atoms with Crippen LogP contribution in [0, 0.1) is 6.92 Å². The van der Waals surface area contributed by atoms with E-state index in [1.54, 1.807) is 14.0 Å². The molecule has 0 bridgehead atoms. The van der Waals surface area contributed by atoms with Gasteiger partial charge in [0, 0.05) is 33.6 Å². The Balaban J connectivity index is 1.45. The van der Waals surface area contributed by atoms with E-state index >= 15 is 0 Å². The number of aryl methyl sites for hydroxylation is 1. The highest BCUT2D eigenvalue weighted by Gasteiger charge is 2.32. The summed E-state index contributed by atoms with van der Waals surface area (Å²) < 4.78 is 5.34. The summed E-state index contributed by atoms with van der Waals surface area (Å²) in [5.74, 6) is 0.581. The molecule has 8 heteroatoms. The van der Waals surface area contributed by atoms with Gasteiger partial charge in [-0.15, -0.1) is 10.2 Å². The second-order valence-electron chi connectivity index (χ2n) is 7.63. The van der Waals surface area contributed by atoms with Crippen molar-refractivity contribution in [3.8, 4) is 0 Å². The van der Waals surface area contributed by atoms with Gasteiger partial charge in [0.25, 0.3) is 0 Å². The molecule has 1 aliphatic heterocycles. The lowest BCUT2D eigenvalue weighted by atomic mass is 10.0. The Kier molecular flexibility index (Phi) is 5.76. The lowest BCUT2D eigenvalue weighted by Crippen LogP contribution is -2.56. The molecule has 0 aliphatic carbocycles. The fraction of sp³-hybridized carbons (Fsp3) is 0.364. The first-order valence-electron chi connectivity index (χ1n) is 10.0. The highest BCUT2D eigenvalue weighted by molar-refractivity contribution is 5.89. The van der Waals surface area contributed by atoms with E-state index in [1.807, 2.05) is 12.1 Å². The van der Waals surface area contributed by atoms with Crippen molar-refractivity contribution in [1.82, 2.24) is 25.3 Å². The molecule has 1 saturated heterocycles. The van der Waals surface area contributed by atoms with Crippen molar-refractivity contribution in [2.24, 2.45) is 0 Å². The fourth-order valence-electron chi connectivity index (χ4n) is 3.76. The van der Waals surface area contributed by atoms with E-state index in [0.29, 0.717) is 31.4 Å². The molecule has 1 atom stereocenters. The zero-order valence-electron chi connectivity index (χ0n) is 17.2. The molecule has 2 heterocycles. The quantitative estimate of drug-likeness (QED) is 0.671. The summed E-state index contributed by atoms with van der Waals surface area (Å²) in [6.07, 6.45) is 0.100. The average Bonchev–Trinajstić information content (AvgIpc) is 3.15. The van der Waals surface area contributed by atoms with Gasteiger partial charge >= 0.3 is 0 Å². The maximum atomic E-state index is 12.8. The Hall–Kier alpha value is -3.26. The second-order valence-corrected chi connectivity index (χ2v) is 7.63. The van der Waals surface area contributed by atoms with Gasteiger partial charge in [-0.1, -0.05) is 36.4 Å². The minimum Gasteiger partial charge on any atom is -0.424 e.